The smallest absolute Gasteiger partial charge is 0.176 e. The molecular weight excluding hydrogens is 378 g/mol. The Morgan fingerprint density at radius 2 is 1.66 bits per heavy atom. The van der Waals surface area contributed by atoms with Crippen molar-refractivity contribution in [2.75, 3.05) is 0 Å². The molecule has 142 valence electrons. The Labute approximate surface area is 174 Å². The van der Waals surface area contributed by atoms with Crippen molar-refractivity contribution in [3.8, 4) is 12.1 Å². The van der Waals surface area contributed by atoms with Crippen LogP contribution in [-0.4, -0.2) is 16.0 Å². The van der Waals surface area contributed by atoms with Gasteiger partial charge in [0.15, 0.2) is 5.78 Å². The van der Waals surface area contributed by atoms with Crippen molar-refractivity contribution in [2.45, 2.75) is 23.0 Å². The van der Waals surface area contributed by atoms with Gasteiger partial charge in [0.25, 0.3) is 0 Å². The van der Waals surface area contributed by atoms with E-state index in [-0.39, 0.29) is 5.78 Å². The van der Waals surface area contributed by atoms with Gasteiger partial charge in [-0.15, -0.1) is 11.8 Å². The van der Waals surface area contributed by atoms with Crippen LogP contribution in [0.5, 0.6) is 0 Å². The van der Waals surface area contributed by atoms with E-state index in [1.165, 1.54) is 11.8 Å². The van der Waals surface area contributed by atoms with Crippen LogP contribution in [0.15, 0.2) is 84.0 Å². The molecule has 1 heterocycles. The lowest BCUT2D eigenvalue weighted by Crippen LogP contribution is -2.30. The Morgan fingerprint density at radius 1 is 0.966 bits per heavy atom. The summed E-state index contributed by atoms with van der Waals surface area (Å²) in [6.07, 6.45) is 3.27. The number of thioether (sulfide) groups is 1. The highest BCUT2D eigenvalue weighted by molar-refractivity contribution is 8.00. The van der Waals surface area contributed by atoms with Crippen LogP contribution < -0.4 is 0 Å². The lowest BCUT2D eigenvalue weighted by molar-refractivity contribution is 0.0978. The minimum absolute atomic E-state index is 0.111. The standard InChI is InChI=1S/C24H19N3OS/c1-17-9-11-21(12-10-17)29-24(23(28)18-6-3-2-4-7-18)22(20(14-25)15-26)19-8-5-13-27-16-19/h2-13,16,20,22,24H,1H3/t22-,24+/m1/s1. The summed E-state index contributed by atoms with van der Waals surface area (Å²) in [7, 11) is 0. The molecule has 0 amide bonds. The van der Waals surface area contributed by atoms with Crippen LogP contribution in [0.2, 0.25) is 0 Å². The summed E-state index contributed by atoms with van der Waals surface area (Å²) in [5.74, 6) is -1.70. The molecule has 1 aromatic heterocycles. The lowest BCUT2D eigenvalue weighted by atomic mass is 9.83. The third-order valence-electron chi connectivity index (χ3n) is 4.63. The fourth-order valence-electron chi connectivity index (χ4n) is 3.12. The molecule has 0 saturated carbocycles. The fraction of sp³-hybridized carbons (Fsp3) is 0.167. The van der Waals surface area contributed by atoms with E-state index in [1.54, 1.807) is 30.6 Å². The van der Waals surface area contributed by atoms with Crippen molar-refractivity contribution in [2.24, 2.45) is 5.92 Å². The van der Waals surface area contributed by atoms with Crippen molar-refractivity contribution >= 4 is 17.5 Å². The van der Waals surface area contributed by atoms with Gasteiger partial charge in [0.1, 0.15) is 5.92 Å². The molecule has 0 bridgehead atoms. The largest absolute Gasteiger partial charge is 0.293 e. The van der Waals surface area contributed by atoms with Gasteiger partial charge in [-0.05, 0) is 30.7 Å². The molecule has 0 unspecified atom stereocenters. The summed E-state index contributed by atoms with van der Waals surface area (Å²) in [5, 5.41) is 18.7. The van der Waals surface area contributed by atoms with E-state index in [0.29, 0.717) is 11.1 Å². The summed E-state index contributed by atoms with van der Waals surface area (Å²) < 4.78 is 0. The molecule has 4 nitrogen and oxygen atoms in total. The molecule has 3 rings (SSSR count). The van der Waals surface area contributed by atoms with Gasteiger partial charge in [0.2, 0.25) is 0 Å². The zero-order valence-corrected chi connectivity index (χ0v) is 16.7. The molecule has 0 fully saturated rings. The van der Waals surface area contributed by atoms with Crippen molar-refractivity contribution in [3.63, 3.8) is 0 Å². The van der Waals surface area contributed by atoms with Gasteiger partial charge in [-0.3, -0.25) is 9.78 Å². The van der Waals surface area contributed by atoms with Crippen molar-refractivity contribution in [1.29, 1.82) is 10.5 Å². The van der Waals surface area contributed by atoms with Crippen LogP contribution in [0.25, 0.3) is 0 Å². The highest BCUT2D eigenvalue weighted by atomic mass is 32.2. The second kappa shape index (κ2) is 9.68. The molecular formula is C24H19N3OS. The monoisotopic (exact) mass is 397 g/mol. The highest BCUT2D eigenvalue weighted by Crippen LogP contribution is 2.40. The third kappa shape index (κ3) is 4.90. The summed E-state index contributed by atoms with van der Waals surface area (Å²) in [6, 6.07) is 24.6. The molecule has 5 heteroatoms. The Kier molecular flexibility index (Phi) is 6.79. The number of aromatic nitrogens is 1. The molecule has 0 aliphatic heterocycles. The van der Waals surface area contributed by atoms with Crippen LogP contribution in [0.1, 0.15) is 27.4 Å². The first-order chi connectivity index (χ1) is 14.1. The Bertz CT molecular complexity index is 1020. The Balaban J connectivity index is 2.10. The molecule has 3 aromatic rings. The van der Waals surface area contributed by atoms with Crippen molar-refractivity contribution in [3.05, 3.63) is 95.8 Å². The number of pyridine rings is 1. The van der Waals surface area contributed by atoms with Gasteiger partial charge < -0.3 is 0 Å². The topological polar surface area (TPSA) is 77.5 Å². The molecule has 29 heavy (non-hydrogen) atoms. The lowest BCUT2D eigenvalue weighted by Gasteiger charge is -2.27. The average molecular weight is 398 g/mol. The predicted octanol–water partition coefficient (Wildman–Crippen LogP) is 5.18. The molecule has 0 spiro atoms. The number of rotatable bonds is 7. The molecule has 0 N–H and O–H groups in total. The first-order valence-electron chi connectivity index (χ1n) is 9.15. The number of nitriles is 2. The maximum atomic E-state index is 13.5. The summed E-state index contributed by atoms with van der Waals surface area (Å²) in [5.41, 5.74) is 2.38. The quantitative estimate of drug-likeness (QED) is 0.405. The number of aryl methyl sites for hydroxylation is 1. The number of ketones is 1. The summed E-state index contributed by atoms with van der Waals surface area (Å²) in [4.78, 5) is 18.6. The minimum Gasteiger partial charge on any atom is -0.293 e. The van der Waals surface area contributed by atoms with Gasteiger partial charge >= 0.3 is 0 Å². The second-order valence-corrected chi connectivity index (χ2v) is 7.84. The number of Topliss-reactive ketones (excluding diaryl/α,β-unsaturated/α-hetero) is 1. The summed E-state index contributed by atoms with van der Waals surface area (Å²) >= 11 is 1.38. The minimum atomic E-state index is -0.977. The molecule has 2 atom stereocenters. The normalized spacial score (nSPS) is 12.6. The van der Waals surface area contributed by atoms with Crippen molar-refractivity contribution < 1.29 is 4.79 Å². The van der Waals surface area contributed by atoms with E-state index >= 15 is 0 Å². The number of carbonyl (C=O) groups excluding carboxylic acids is 1. The predicted molar refractivity (Wildman–Crippen MR) is 113 cm³/mol. The van der Waals surface area contributed by atoms with Gasteiger partial charge in [-0.2, -0.15) is 10.5 Å². The molecule has 0 aliphatic carbocycles. The first kappa shape index (κ1) is 20.3. The van der Waals surface area contributed by atoms with E-state index < -0.39 is 17.1 Å². The van der Waals surface area contributed by atoms with Gasteiger partial charge in [-0.1, -0.05) is 54.1 Å². The SMILES string of the molecule is Cc1ccc(S[C@H](C(=O)c2ccccc2)[C@H](c2cccnc2)C(C#N)C#N)cc1. The summed E-state index contributed by atoms with van der Waals surface area (Å²) in [6.45, 7) is 2.00. The van der Waals surface area contributed by atoms with Crippen LogP contribution in [0.3, 0.4) is 0 Å². The average Bonchev–Trinajstić information content (AvgIpc) is 2.78. The maximum Gasteiger partial charge on any atom is 0.176 e. The molecule has 0 radical (unpaired) electrons. The Morgan fingerprint density at radius 3 is 2.24 bits per heavy atom. The van der Waals surface area contributed by atoms with E-state index in [4.69, 9.17) is 0 Å². The zero-order valence-electron chi connectivity index (χ0n) is 15.9. The fourth-order valence-corrected chi connectivity index (χ4v) is 4.42. The van der Waals surface area contributed by atoms with Gasteiger partial charge in [-0.25, -0.2) is 0 Å². The van der Waals surface area contributed by atoms with E-state index in [9.17, 15) is 15.3 Å². The van der Waals surface area contributed by atoms with E-state index in [2.05, 4.69) is 17.1 Å². The van der Waals surface area contributed by atoms with Crippen LogP contribution in [0, 0.1) is 35.5 Å². The number of hydrogen-bond donors (Lipinski definition) is 0. The maximum absolute atomic E-state index is 13.5. The Hall–Kier alpha value is -3.41. The first-order valence-corrected chi connectivity index (χ1v) is 10.0. The number of carbonyl (C=O) groups is 1. The van der Waals surface area contributed by atoms with Crippen molar-refractivity contribution in [1.82, 2.24) is 4.98 Å². The van der Waals surface area contributed by atoms with E-state index in [1.807, 2.05) is 55.5 Å². The molecule has 2 aromatic carbocycles. The van der Waals surface area contributed by atoms with Crippen LogP contribution >= 0.6 is 11.8 Å². The number of benzene rings is 2. The van der Waals surface area contributed by atoms with Crippen LogP contribution in [-0.2, 0) is 0 Å². The molecule has 0 aliphatic rings. The number of hydrogen-bond acceptors (Lipinski definition) is 5. The van der Waals surface area contributed by atoms with E-state index in [0.717, 1.165) is 10.5 Å². The number of nitrogens with zero attached hydrogens (tertiary/aromatic N) is 3. The van der Waals surface area contributed by atoms with Crippen LogP contribution in [0.4, 0.5) is 0 Å². The second-order valence-electron chi connectivity index (χ2n) is 6.63. The highest BCUT2D eigenvalue weighted by Gasteiger charge is 2.37. The molecule has 0 saturated heterocycles. The van der Waals surface area contributed by atoms with Gasteiger partial charge in [0, 0.05) is 28.8 Å². The van der Waals surface area contributed by atoms with Gasteiger partial charge in [0.05, 0.1) is 17.4 Å². The third-order valence-corrected chi connectivity index (χ3v) is 5.94. The zero-order chi connectivity index (χ0) is 20.6.